The Morgan fingerprint density at radius 2 is 2.21 bits per heavy atom. The van der Waals surface area contributed by atoms with Crippen molar-refractivity contribution < 1.29 is 4.79 Å². The van der Waals surface area contributed by atoms with Crippen molar-refractivity contribution >= 4 is 11.9 Å². The third-order valence-electron chi connectivity index (χ3n) is 4.35. The SMILES string of the molecule is CN=C(NCCc1cccc(C)c1)NC1CCN(C(=O)C(C)C)C1. The Morgan fingerprint density at radius 1 is 1.42 bits per heavy atom. The fourth-order valence-electron chi connectivity index (χ4n) is 3.02. The molecule has 1 aromatic carbocycles. The standard InChI is InChI=1S/C19H30N4O/c1-14(2)18(24)23-11-9-17(13-23)22-19(20-4)21-10-8-16-7-5-6-15(3)12-16/h5-7,12,14,17H,8-11,13H2,1-4H3,(H2,20,21,22). The van der Waals surface area contributed by atoms with Gasteiger partial charge in [0.05, 0.1) is 0 Å². The van der Waals surface area contributed by atoms with Gasteiger partial charge in [0.1, 0.15) is 0 Å². The minimum absolute atomic E-state index is 0.0653. The van der Waals surface area contributed by atoms with Crippen LogP contribution in [0.3, 0.4) is 0 Å². The lowest BCUT2D eigenvalue weighted by molar-refractivity contribution is -0.133. The van der Waals surface area contributed by atoms with Crippen molar-refractivity contribution in [3.05, 3.63) is 35.4 Å². The van der Waals surface area contributed by atoms with Crippen molar-refractivity contribution in [2.45, 2.75) is 39.7 Å². The molecular weight excluding hydrogens is 300 g/mol. The van der Waals surface area contributed by atoms with Gasteiger partial charge in [0, 0.05) is 38.6 Å². The third kappa shape index (κ3) is 5.25. The molecule has 0 aromatic heterocycles. The summed E-state index contributed by atoms with van der Waals surface area (Å²) in [5.74, 6) is 1.11. The zero-order valence-corrected chi connectivity index (χ0v) is 15.3. The molecule has 5 heteroatoms. The van der Waals surface area contributed by atoms with Gasteiger partial charge in [0.25, 0.3) is 0 Å². The minimum atomic E-state index is 0.0653. The van der Waals surface area contributed by atoms with E-state index >= 15 is 0 Å². The molecular formula is C19H30N4O. The number of nitrogens with one attached hydrogen (secondary N) is 2. The van der Waals surface area contributed by atoms with Gasteiger partial charge in [-0.1, -0.05) is 43.7 Å². The van der Waals surface area contributed by atoms with Gasteiger partial charge in [0.15, 0.2) is 5.96 Å². The van der Waals surface area contributed by atoms with Crippen LogP contribution in [0.15, 0.2) is 29.3 Å². The molecule has 1 aromatic rings. The predicted octanol–water partition coefficient (Wildman–Crippen LogP) is 1.96. The van der Waals surface area contributed by atoms with Crippen LogP contribution in [-0.2, 0) is 11.2 Å². The Hall–Kier alpha value is -2.04. The van der Waals surface area contributed by atoms with Gasteiger partial charge in [-0.25, -0.2) is 0 Å². The molecule has 1 fully saturated rings. The van der Waals surface area contributed by atoms with Crippen molar-refractivity contribution in [3.63, 3.8) is 0 Å². The average molecular weight is 330 g/mol. The number of hydrogen-bond donors (Lipinski definition) is 2. The molecule has 2 N–H and O–H groups in total. The number of carbonyl (C=O) groups is 1. The molecule has 1 heterocycles. The highest BCUT2D eigenvalue weighted by atomic mass is 16.2. The van der Waals surface area contributed by atoms with Gasteiger partial charge in [-0.3, -0.25) is 9.79 Å². The van der Waals surface area contributed by atoms with E-state index in [2.05, 4.69) is 46.8 Å². The number of guanidine groups is 1. The number of rotatable bonds is 5. The maximum absolute atomic E-state index is 12.1. The molecule has 1 aliphatic heterocycles. The maximum Gasteiger partial charge on any atom is 0.225 e. The van der Waals surface area contributed by atoms with Gasteiger partial charge in [-0.05, 0) is 25.3 Å². The van der Waals surface area contributed by atoms with Crippen molar-refractivity contribution in [2.75, 3.05) is 26.7 Å². The van der Waals surface area contributed by atoms with Crippen LogP contribution in [-0.4, -0.2) is 49.5 Å². The average Bonchev–Trinajstić information content (AvgIpc) is 3.01. The summed E-state index contributed by atoms with van der Waals surface area (Å²) in [5, 5.41) is 6.80. The first kappa shape index (κ1) is 18.3. The number of amides is 1. The van der Waals surface area contributed by atoms with Crippen LogP contribution in [0, 0.1) is 12.8 Å². The van der Waals surface area contributed by atoms with Gasteiger partial charge in [0.2, 0.25) is 5.91 Å². The molecule has 0 radical (unpaired) electrons. The Morgan fingerprint density at radius 3 is 2.88 bits per heavy atom. The number of aryl methyl sites for hydroxylation is 1. The molecule has 1 aliphatic rings. The Kier molecular flexibility index (Phi) is 6.64. The molecule has 2 rings (SSSR count). The van der Waals surface area contributed by atoms with Crippen molar-refractivity contribution in [2.24, 2.45) is 10.9 Å². The third-order valence-corrected chi connectivity index (χ3v) is 4.35. The predicted molar refractivity (Wildman–Crippen MR) is 99.2 cm³/mol. The van der Waals surface area contributed by atoms with E-state index in [-0.39, 0.29) is 17.9 Å². The quantitative estimate of drug-likeness (QED) is 0.641. The molecule has 1 unspecified atom stereocenters. The summed E-state index contributed by atoms with van der Waals surface area (Å²) in [5.41, 5.74) is 2.61. The highest BCUT2D eigenvalue weighted by Gasteiger charge is 2.27. The zero-order valence-electron chi connectivity index (χ0n) is 15.3. The maximum atomic E-state index is 12.1. The van der Waals surface area contributed by atoms with Crippen LogP contribution in [0.2, 0.25) is 0 Å². The lowest BCUT2D eigenvalue weighted by Crippen LogP contribution is -2.45. The van der Waals surface area contributed by atoms with Gasteiger partial charge >= 0.3 is 0 Å². The molecule has 1 amide bonds. The van der Waals surface area contributed by atoms with Crippen molar-refractivity contribution in [3.8, 4) is 0 Å². The number of hydrogen-bond acceptors (Lipinski definition) is 2. The molecule has 5 nitrogen and oxygen atoms in total. The number of aliphatic imine (C=N–C) groups is 1. The van der Waals surface area contributed by atoms with E-state index in [1.54, 1.807) is 7.05 Å². The molecule has 132 valence electrons. The first-order valence-electron chi connectivity index (χ1n) is 8.81. The summed E-state index contributed by atoms with van der Waals surface area (Å²) in [6.07, 6.45) is 1.93. The number of benzene rings is 1. The fraction of sp³-hybridized carbons (Fsp3) is 0.579. The van der Waals surface area contributed by atoms with Crippen LogP contribution >= 0.6 is 0 Å². The molecule has 0 saturated carbocycles. The van der Waals surface area contributed by atoms with E-state index in [1.807, 2.05) is 18.7 Å². The largest absolute Gasteiger partial charge is 0.356 e. The van der Waals surface area contributed by atoms with E-state index in [9.17, 15) is 4.79 Å². The van der Waals surface area contributed by atoms with Crippen LogP contribution < -0.4 is 10.6 Å². The monoisotopic (exact) mass is 330 g/mol. The number of likely N-dealkylation sites (tertiary alicyclic amines) is 1. The second-order valence-electron chi connectivity index (χ2n) is 6.81. The Bertz CT molecular complexity index is 582. The minimum Gasteiger partial charge on any atom is -0.356 e. The molecule has 1 saturated heterocycles. The van der Waals surface area contributed by atoms with Crippen LogP contribution in [0.1, 0.15) is 31.4 Å². The summed E-state index contributed by atoms with van der Waals surface area (Å²) in [6, 6.07) is 8.85. The second kappa shape index (κ2) is 8.71. The summed E-state index contributed by atoms with van der Waals surface area (Å²) in [6.45, 7) is 8.44. The second-order valence-corrected chi connectivity index (χ2v) is 6.81. The molecule has 0 bridgehead atoms. The normalized spacial score (nSPS) is 18.1. The lowest BCUT2D eigenvalue weighted by Gasteiger charge is -2.20. The highest BCUT2D eigenvalue weighted by molar-refractivity contribution is 5.81. The van der Waals surface area contributed by atoms with Gasteiger partial charge < -0.3 is 15.5 Å². The summed E-state index contributed by atoms with van der Waals surface area (Å²) in [7, 11) is 1.79. The van der Waals surface area contributed by atoms with Crippen molar-refractivity contribution in [1.29, 1.82) is 0 Å². The summed E-state index contributed by atoms with van der Waals surface area (Å²) < 4.78 is 0. The van der Waals surface area contributed by atoms with E-state index in [1.165, 1.54) is 11.1 Å². The molecule has 0 aliphatic carbocycles. The smallest absolute Gasteiger partial charge is 0.225 e. The lowest BCUT2D eigenvalue weighted by atomic mass is 10.1. The Balaban J connectivity index is 1.76. The molecule has 0 spiro atoms. The summed E-state index contributed by atoms with van der Waals surface area (Å²) >= 11 is 0. The Labute approximate surface area is 145 Å². The van der Waals surface area contributed by atoms with Crippen molar-refractivity contribution in [1.82, 2.24) is 15.5 Å². The number of nitrogens with zero attached hydrogens (tertiary/aromatic N) is 2. The van der Waals surface area contributed by atoms with E-state index in [0.29, 0.717) is 0 Å². The highest BCUT2D eigenvalue weighted by Crippen LogP contribution is 2.12. The van der Waals surface area contributed by atoms with E-state index in [0.717, 1.165) is 38.4 Å². The summed E-state index contributed by atoms with van der Waals surface area (Å²) in [4.78, 5) is 18.3. The fourth-order valence-corrected chi connectivity index (χ4v) is 3.02. The van der Waals surface area contributed by atoms with Gasteiger partial charge in [-0.15, -0.1) is 0 Å². The molecule has 24 heavy (non-hydrogen) atoms. The molecule has 1 atom stereocenters. The van der Waals surface area contributed by atoms with Crippen LogP contribution in [0.4, 0.5) is 0 Å². The van der Waals surface area contributed by atoms with E-state index < -0.39 is 0 Å². The zero-order chi connectivity index (χ0) is 17.5. The number of carbonyl (C=O) groups excluding carboxylic acids is 1. The first-order chi connectivity index (χ1) is 11.5. The van der Waals surface area contributed by atoms with E-state index in [4.69, 9.17) is 0 Å². The van der Waals surface area contributed by atoms with Crippen LogP contribution in [0.5, 0.6) is 0 Å². The topological polar surface area (TPSA) is 56.7 Å². The van der Waals surface area contributed by atoms with Gasteiger partial charge in [-0.2, -0.15) is 0 Å². The first-order valence-corrected chi connectivity index (χ1v) is 8.81. The van der Waals surface area contributed by atoms with Crippen LogP contribution in [0.25, 0.3) is 0 Å².